The molecule has 0 radical (unpaired) electrons. The molecule has 5 fully saturated rings. The zero-order valence-electron chi connectivity index (χ0n) is 37.4. The fraction of sp³-hybridized carbons (Fsp3) is 0.520. The predicted octanol–water partition coefficient (Wildman–Crippen LogP) is 6.01. The van der Waals surface area contributed by atoms with Crippen LogP contribution < -0.4 is 31.9 Å². The van der Waals surface area contributed by atoms with Crippen LogP contribution in [0.25, 0.3) is 5.57 Å². The number of imide groups is 1. The largest absolute Gasteiger partial charge is 0.399 e. The number of likely N-dealkylation sites (tertiary alicyclic amines) is 2. The van der Waals surface area contributed by atoms with Crippen molar-refractivity contribution >= 4 is 57.6 Å². The highest BCUT2D eigenvalue weighted by Gasteiger charge is 2.54. The molecular formula is C50H62ClFN10O3. The molecule has 1 aliphatic carbocycles. The molecule has 0 bridgehead atoms. The number of carbonyl (C=O) groups is 3. The molecule has 2 unspecified atom stereocenters. The maximum atomic E-state index is 15.9. The van der Waals surface area contributed by atoms with Crippen LogP contribution in [0.2, 0.25) is 0 Å². The fourth-order valence-electron chi connectivity index (χ4n) is 11.6. The van der Waals surface area contributed by atoms with Crippen molar-refractivity contribution in [3.63, 3.8) is 0 Å². The van der Waals surface area contributed by atoms with Gasteiger partial charge in [0, 0.05) is 107 Å². The highest BCUT2D eigenvalue weighted by atomic mass is 35.5. The average molecular weight is 906 g/mol. The first-order chi connectivity index (χ1) is 31.2. The standard InChI is InChI=1S/C50H62ClFN10O3/c1-34-29-48(33-62(34)50(55)16-13-41(49(51,31-50)32-53)36-5-8-38(54)9-6-36)17-21-60(22-18-48)44-11-7-37(27-42(44)52)47(65)61-19-14-35(15-20-61)30-58-23-25-59(26-24-58)40-4-2-3-39(28-40)56-43-10-12-45(63)57-46(43)64/h2-9,11,13,27-28,34-35,43,56H,10,12,14-26,29-31,33,54-55H2,1H3,(H,57,63,64)/t34-,43-,49?,50?/m0/s1. The van der Waals surface area contributed by atoms with Crippen molar-refractivity contribution in [2.24, 2.45) is 17.1 Å². The van der Waals surface area contributed by atoms with Gasteiger partial charge in [0.05, 0.1) is 17.4 Å². The first-order valence-corrected chi connectivity index (χ1v) is 23.8. The van der Waals surface area contributed by atoms with Gasteiger partial charge in [-0.05, 0) is 123 Å². The lowest BCUT2D eigenvalue weighted by Gasteiger charge is -2.48. The third-order valence-electron chi connectivity index (χ3n) is 15.3. The molecule has 9 rings (SSSR count). The van der Waals surface area contributed by atoms with Gasteiger partial charge < -0.3 is 31.5 Å². The Morgan fingerprint density at radius 2 is 1.69 bits per heavy atom. The van der Waals surface area contributed by atoms with Crippen LogP contribution in [0.4, 0.5) is 27.1 Å². The number of anilines is 4. The molecule has 3 aromatic rings. The van der Waals surface area contributed by atoms with E-state index in [9.17, 15) is 19.6 Å². The molecule has 13 nitrogen and oxygen atoms in total. The molecule has 15 heteroatoms. The number of nitrogens with one attached hydrogen (secondary N) is 2. The SMILES string of the molecule is C[C@H]1CC2(CCN(c3ccc(C(=O)N4CCC(CN5CCN(c6cccc(N[C@H]7CCC(=O)NC7=O)c6)CC5)CC4)cc3F)CC2)CN1C1(N)CC=C(c2ccc(N)cc2)C(Cl)(C#N)C1. The van der Waals surface area contributed by atoms with Crippen molar-refractivity contribution in [3.05, 3.63) is 89.8 Å². The van der Waals surface area contributed by atoms with E-state index < -0.39 is 16.6 Å². The molecule has 6 N–H and O–H groups in total. The van der Waals surface area contributed by atoms with E-state index in [1.807, 2.05) is 47.4 Å². The molecule has 65 heavy (non-hydrogen) atoms. The number of carbonyl (C=O) groups excluding carboxylic acids is 3. The number of amides is 3. The number of allylic oxidation sites excluding steroid dienone is 1. The van der Waals surface area contributed by atoms with Gasteiger partial charge >= 0.3 is 0 Å². The van der Waals surface area contributed by atoms with E-state index in [2.05, 4.69) is 55.4 Å². The average Bonchev–Trinajstić information content (AvgIpc) is 3.64. The van der Waals surface area contributed by atoms with Gasteiger partial charge in [0.1, 0.15) is 11.9 Å². The minimum Gasteiger partial charge on any atom is -0.399 e. The van der Waals surface area contributed by atoms with E-state index in [1.165, 1.54) is 6.07 Å². The number of piperazine rings is 1. The van der Waals surface area contributed by atoms with Crippen molar-refractivity contribution in [1.82, 2.24) is 20.0 Å². The zero-order valence-corrected chi connectivity index (χ0v) is 38.2. The molecule has 4 atom stereocenters. The Morgan fingerprint density at radius 3 is 2.38 bits per heavy atom. The molecule has 5 aliphatic heterocycles. The van der Waals surface area contributed by atoms with Crippen LogP contribution in [0.1, 0.15) is 80.6 Å². The summed E-state index contributed by atoms with van der Waals surface area (Å²) in [6, 6.07) is 22.7. The number of nitriles is 1. The van der Waals surface area contributed by atoms with Gasteiger partial charge in [-0.3, -0.25) is 29.5 Å². The van der Waals surface area contributed by atoms with E-state index in [0.29, 0.717) is 74.7 Å². The second-order valence-electron chi connectivity index (χ2n) is 19.7. The summed E-state index contributed by atoms with van der Waals surface area (Å²) in [5.74, 6) is -0.468. The predicted molar refractivity (Wildman–Crippen MR) is 254 cm³/mol. The maximum Gasteiger partial charge on any atom is 0.253 e. The zero-order chi connectivity index (χ0) is 45.5. The Kier molecular flexibility index (Phi) is 12.6. The summed E-state index contributed by atoms with van der Waals surface area (Å²) in [6.07, 6.45) is 8.35. The van der Waals surface area contributed by atoms with Gasteiger partial charge in [0.25, 0.3) is 5.91 Å². The van der Waals surface area contributed by atoms with Crippen LogP contribution >= 0.6 is 11.6 Å². The van der Waals surface area contributed by atoms with Gasteiger partial charge in [-0.2, -0.15) is 5.26 Å². The Morgan fingerprint density at radius 1 is 0.954 bits per heavy atom. The summed E-state index contributed by atoms with van der Waals surface area (Å²) in [5.41, 5.74) is 17.6. The number of piperidine rings is 3. The van der Waals surface area contributed by atoms with Crippen molar-refractivity contribution in [2.45, 2.75) is 87.3 Å². The van der Waals surface area contributed by atoms with E-state index in [1.54, 1.807) is 12.1 Å². The van der Waals surface area contributed by atoms with E-state index in [4.69, 9.17) is 23.1 Å². The number of hydrogen-bond acceptors (Lipinski definition) is 11. The van der Waals surface area contributed by atoms with Crippen LogP contribution in [0, 0.1) is 28.5 Å². The Labute approximate surface area is 386 Å². The lowest BCUT2D eigenvalue weighted by atomic mass is 9.76. The molecule has 3 aromatic carbocycles. The second kappa shape index (κ2) is 18.2. The Balaban J connectivity index is 0.730. The van der Waals surface area contributed by atoms with Crippen LogP contribution in [0.15, 0.2) is 72.8 Å². The monoisotopic (exact) mass is 904 g/mol. The number of rotatable bonds is 9. The lowest BCUT2D eigenvalue weighted by Crippen LogP contribution is -2.61. The summed E-state index contributed by atoms with van der Waals surface area (Å²) in [4.78, 5) is 47.5. The van der Waals surface area contributed by atoms with Crippen molar-refractivity contribution in [1.29, 1.82) is 5.26 Å². The molecule has 5 saturated heterocycles. The first kappa shape index (κ1) is 45.0. The first-order valence-electron chi connectivity index (χ1n) is 23.5. The van der Waals surface area contributed by atoms with Crippen LogP contribution in [-0.4, -0.2) is 120 Å². The molecule has 344 valence electrons. The van der Waals surface area contributed by atoms with Gasteiger partial charge in [-0.15, -0.1) is 0 Å². The Hall–Kier alpha value is -5.20. The fourth-order valence-corrected chi connectivity index (χ4v) is 12.1. The van der Waals surface area contributed by atoms with Gasteiger partial charge in [0.15, 0.2) is 4.87 Å². The third kappa shape index (κ3) is 9.43. The number of nitrogens with zero attached hydrogens (tertiary/aromatic N) is 6. The topological polar surface area (TPSA) is 167 Å². The highest BCUT2D eigenvalue weighted by Crippen LogP contribution is 2.51. The molecule has 1 spiro atoms. The number of nitrogen functional groups attached to an aromatic ring is 1. The van der Waals surface area contributed by atoms with Crippen LogP contribution in [0.3, 0.4) is 0 Å². The van der Waals surface area contributed by atoms with Crippen molar-refractivity contribution in [3.8, 4) is 6.07 Å². The number of alkyl halides is 1. The van der Waals surface area contributed by atoms with Crippen LogP contribution in [0.5, 0.6) is 0 Å². The van der Waals surface area contributed by atoms with E-state index in [0.717, 1.165) is 93.9 Å². The second-order valence-corrected chi connectivity index (χ2v) is 20.3. The number of nitrogens with two attached hydrogens (primary N) is 2. The summed E-state index contributed by atoms with van der Waals surface area (Å²) >= 11 is 7.10. The third-order valence-corrected chi connectivity index (χ3v) is 15.7. The summed E-state index contributed by atoms with van der Waals surface area (Å²) in [5, 5.41) is 16.0. The molecule has 0 aromatic heterocycles. The van der Waals surface area contributed by atoms with Gasteiger partial charge in [0.2, 0.25) is 11.8 Å². The van der Waals surface area contributed by atoms with Crippen LogP contribution in [-0.2, 0) is 9.59 Å². The molecule has 6 aliphatic rings. The van der Waals surface area contributed by atoms with Crippen molar-refractivity contribution in [2.75, 3.05) is 86.3 Å². The molecule has 3 amide bonds. The van der Waals surface area contributed by atoms with Crippen molar-refractivity contribution < 1.29 is 18.8 Å². The van der Waals surface area contributed by atoms with Gasteiger partial charge in [-0.1, -0.05) is 35.9 Å². The highest BCUT2D eigenvalue weighted by molar-refractivity contribution is 6.32. The van der Waals surface area contributed by atoms with E-state index >= 15 is 4.39 Å². The minimum absolute atomic E-state index is 0.0322. The van der Waals surface area contributed by atoms with E-state index in [-0.39, 0.29) is 35.0 Å². The molecule has 0 saturated carbocycles. The molecule has 5 heterocycles. The number of benzene rings is 3. The normalized spacial score (nSPS) is 27.9. The summed E-state index contributed by atoms with van der Waals surface area (Å²) < 4.78 is 15.9. The van der Waals surface area contributed by atoms with Gasteiger partial charge in [-0.25, -0.2) is 4.39 Å². The Bertz CT molecular complexity index is 2350. The number of halogens is 2. The lowest BCUT2D eigenvalue weighted by molar-refractivity contribution is -0.133. The quantitative estimate of drug-likeness (QED) is 0.113. The number of hydrogen-bond donors (Lipinski definition) is 4. The summed E-state index contributed by atoms with van der Waals surface area (Å²) in [7, 11) is 0. The minimum atomic E-state index is -1.26. The summed E-state index contributed by atoms with van der Waals surface area (Å²) in [6.45, 7) is 10.5. The smallest absolute Gasteiger partial charge is 0.253 e. The maximum absolute atomic E-state index is 15.9. The molecular weight excluding hydrogens is 843 g/mol.